The van der Waals surface area contributed by atoms with Gasteiger partial charge in [-0.05, 0) is 42.7 Å². The molecule has 3 aromatic carbocycles. The first-order chi connectivity index (χ1) is 12.9. The number of fused-ring (bicyclic) bond motifs is 1. The minimum atomic E-state index is -0.470. The third-order valence-corrected chi connectivity index (χ3v) is 4.62. The van der Waals surface area contributed by atoms with E-state index in [-0.39, 0.29) is 10.8 Å². The normalized spacial score (nSPS) is 10.4. The molecule has 0 aliphatic heterocycles. The molecule has 0 heterocycles. The Morgan fingerprint density at radius 3 is 2.48 bits per heavy atom. The van der Waals surface area contributed by atoms with E-state index in [1.807, 2.05) is 6.07 Å². The average Bonchev–Trinajstić information content (AvgIpc) is 2.63. The Bertz CT molecular complexity index is 1080. The summed E-state index contributed by atoms with van der Waals surface area (Å²) in [6.45, 7) is 1.61. The maximum absolute atomic E-state index is 12.6. The zero-order valence-electron chi connectivity index (χ0n) is 14.2. The highest BCUT2D eigenvalue weighted by Gasteiger charge is 2.16. The van der Waals surface area contributed by atoms with Gasteiger partial charge in [0.05, 0.1) is 16.2 Å². The van der Waals surface area contributed by atoms with Gasteiger partial charge in [0, 0.05) is 22.0 Å². The summed E-state index contributed by atoms with van der Waals surface area (Å²) in [7, 11) is 0. The molecule has 0 atom stereocenters. The van der Waals surface area contributed by atoms with E-state index in [1.165, 1.54) is 6.07 Å². The molecule has 0 unspecified atom stereocenters. The first kappa shape index (κ1) is 18.8. The number of hydrogen-bond donors (Lipinski definition) is 2. The van der Waals surface area contributed by atoms with Crippen LogP contribution in [0.25, 0.3) is 10.8 Å². The molecule has 2 N–H and O–H groups in total. The SMILES string of the molecule is Cc1c(NC(=S)NC(=O)c2cccc3c(Cl)cccc23)cccc1[N+](=O)[O-]. The number of nitrogens with zero attached hydrogens (tertiary/aromatic N) is 1. The summed E-state index contributed by atoms with van der Waals surface area (Å²) in [5, 5.41) is 18.5. The summed E-state index contributed by atoms with van der Waals surface area (Å²) in [5.74, 6) is -0.400. The Balaban J connectivity index is 1.82. The molecule has 27 heavy (non-hydrogen) atoms. The van der Waals surface area contributed by atoms with Crippen LogP contribution in [-0.2, 0) is 0 Å². The summed E-state index contributed by atoms with van der Waals surface area (Å²) < 4.78 is 0. The van der Waals surface area contributed by atoms with Gasteiger partial charge >= 0.3 is 0 Å². The number of nitrogens with one attached hydrogen (secondary N) is 2. The molecule has 3 aromatic rings. The standard InChI is InChI=1S/C19H14ClN3O3S/c1-11-16(9-4-10-17(11)23(25)26)21-19(27)22-18(24)14-7-2-6-13-12(14)5-3-8-15(13)20/h2-10H,1H3,(H2,21,22,24,27). The van der Waals surface area contributed by atoms with Gasteiger partial charge < -0.3 is 5.32 Å². The van der Waals surface area contributed by atoms with Gasteiger partial charge in [0.25, 0.3) is 11.6 Å². The van der Waals surface area contributed by atoms with E-state index in [1.54, 1.807) is 49.4 Å². The number of thiocarbonyl (C=S) groups is 1. The number of halogens is 1. The minimum absolute atomic E-state index is 0.0298. The zero-order chi connectivity index (χ0) is 19.6. The van der Waals surface area contributed by atoms with Crippen LogP contribution in [0.4, 0.5) is 11.4 Å². The van der Waals surface area contributed by atoms with Gasteiger partial charge in [-0.2, -0.15) is 0 Å². The third kappa shape index (κ3) is 3.89. The number of nitro groups is 1. The van der Waals surface area contributed by atoms with Crippen LogP contribution >= 0.6 is 23.8 Å². The number of hydrogen-bond acceptors (Lipinski definition) is 4. The second-order valence-electron chi connectivity index (χ2n) is 5.76. The van der Waals surface area contributed by atoms with Crippen LogP contribution in [-0.4, -0.2) is 15.9 Å². The molecule has 136 valence electrons. The monoisotopic (exact) mass is 399 g/mol. The van der Waals surface area contributed by atoms with Gasteiger partial charge in [0.15, 0.2) is 5.11 Å². The first-order valence-electron chi connectivity index (χ1n) is 7.92. The number of anilines is 1. The summed E-state index contributed by atoms with van der Waals surface area (Å²) in [6, 6.07) is 15.2. The van der Waals surface area contributed by atoms with E-state index in [9.17, 15) is 14.9 Å². The molecule has 3 rings (SSSR count). The molecule has 0 saturated heterocycles. The lowest BCUT2D eigenvalue weighted by molar-refractivity contribution is -0.385. The molecule has 8 heteroatoms. The van der Waals surface area contributed by atoms with Crippen LogP contribution in [0.15, 0.2) is 54.6 Å². The number of carbonyl (C=O) groups excluding carboxylic acids is 1. The van der Waals surface area contributed by atoms with Gasteiger partial charge in [-0.1, -0.05) is 41.9 Å². The van der Waals surface area contributed by atoms with Crippen molar-refractivity contribution < 1.29 is 9.72 Å². The second-order valence-corrected chi connectivity index (χ2v) is 6.57. The highest BCUT2D eigenvalue weighted by Crippen LogP contribution is 2.27. The van der Waals surface area contributed by atoms with Crippen LogP contribution in [0.2, 0.25) is 5.02 Å². The van der Waals surface area contributed by atoms with Crippen molar-refractivity contribution in [3.63, 3.8) is 0 Å². The number of amides is 1. The van der Waals surface area contributed by atoms with Crippen molar-refractivity contribution in [2.45, 2.75) is 6.92 Å². The van der Waals surface area contributed by atoms with Gasteiger partial charge in [0.2, 0.25) is 0 Å². The molecule has 0 aliphatic rings. The number of carbonyl (C=O) groups is 1. The van der Waals surface area contributed by atoms with Crippen molar-refractivity contribution in [1.82, 2.24) is 5.32 Å². The predicted octanol–water partition coefficient (Wildman–Crippen LogP) is 4.84. The molecule has 0 aromatic heterocycles. The lowest BCUT2D eigenvalue weighted by Crippen LogP contribution is -2.34. The maximum atomic E-state index is 12.6. The molecule has 1 amide bonds. The Labute approximate surface area is 165 Å². The van der Waals surface area contributed by atoms with Gasteiger partial charge in [-0.25, -0.2) is 0 Å². The molecule has 6 nitrogen and oxygen atoms in total. The molecular formula is C19H14ClN3O3S. The zero-order valence-corrected chi connectivity index (χ0v) is 15.7. The minimum Gasteiger partial charge on any atom is -0.332 e. The van der Waals surface area contributed by atoms with E-state index in [0.717, 1.165) is 5.39 Å². The quantitative estimate of drug-likeness (QED) is 0.374. The van der Waals surface area contributed by atoms with E-state index >= 15 is 0 Å². The van der Waals surface area contributed by atoms with Gasteiger partial charge in [-0.15, -0.1) is 0 Å². The maximum Gasteiger partial charge on any atom is 0.274 e. The van der Waals surface area contributed by atoms with E-state index in [2.05, 4.69) is 10.6 Å². The Hall–Kier alpha value is -3.03. The first-order valence-corrected chi connectivity index (χ1v) is 8.70. The summed E-state index contributed by atoms with van der Waals surface area (Å²) >= 11 is 11.4. The van der Waals surface area contributed by atoms with E-state index in [4.69, 9.17) is 23.8 Å². The fourth-order valence-electron chi connectivity index (χ4n) is 2.75. The summed E-state index contributed by atoms with van der Waals surface area (Å²) in [4.78, 5) is 23.2. The van der Waals surface area contributed by atoms with Crippen LogP contribution < -0.4 is 10.6 Å². The highest BCUT2D eigenvalue weighted by molar-refractivity contribution is 7.80. The van der Waals surface area contributed by atoms with Crippen molar-refractivity contribution in [2.75, 3.05) is 5.32 Å². The largest absolute Gasteiger partial charge is 0.332 e. The molecule has 0 aliphatic carbocycles. The van der Waals surface area contributed by atoms with Crippen molar-refractivity contribution in [2.24, 2.45) is 0 Å². The van der Waals surface area contributed by atoms with E-state index < -0.39 is 10.8 Å². The van der Waals surface area contributed by atoms with Crippen molar-refractivity contribution >= 4 is 57.0 Å². The molecule has 0 spiro atoms. The fraction of sp³-hybridized carbons (Fsp3) is 0.0526. The lowest BCUT2D eigenvalue weighted by Gasteiger charge is -2.13. The Kier molecular flexibility index (Phi) is 5.34. The smallest absolute Gasteiger partial charge is 0.274 e. The van der Waals surface area contributed by atoms with E-state index in [0.29, 0.717) is 27.2 Å². The third-order valence-electron chi connectivity index (χ3n) is 4.09. The van der Waals surface area contributed by atoms with Gasteiger partial charge in [0.1, 0.15) is 0 Å². The molecule has 0 saturated carbocycles. The lowest BCUT2D eigenvalue weighted by atomic mass is 10.0. The van der Waals surface area contributed by atoms with Gasteiger partial charge in [-0.3, -0.25) is 20.2 Å². The predicted molar refractivity (Wildman–Crippen MR) is 110 cm³/mol. The van der Waals surface area contributed by atoms with Crippen LogP contribution in [0.1, 0.15) is 15.9 Å². The molecule has 0 bridgehead atoms. The van der Waals surface area contributed by atoms with Crippen LogP contribution in [0, 0.1) is 17.0 Å². The fourth-order valence-corrected chi connectivity index (χ4v) is 3.19. The molecule has 0 radical (unpaired) electrons. The molecular weight excluding hydrogens is 386 g/mol. The summed E-state index contributed by atoms with van der Waals surface area (Å²) in [5.41, 5.74) is 1.28. The molecule has 0 fully saturated rings. The number of benzene rings is 3. The van der Waals surface area contributed by atoms with Crippen molar-refractivity contribution in [3.8, 4) is 0 Å². The topological polar surface area (TPSA) is 84.3 Å². The Morgan fingerprint density at radius 2 is 1.74 bits per heavy atom. The summed E-state index contributed by atoms with van der Waals surface area (Å²) in [6.07, 6.45) is 0. The second kappa shape index (κ2) is 7.69. The highest BCUT2D eigenvalue weighted by atomic mass is 35.5. The number of nitro benzene ring substituents is 1. The average molecular weight is 400 g/mol. The van der Waals surface area contributed by atoms with Crippen molar-refractivity contribution in [1.29, 1.82) is 0 Å². The Morgan fingerprint density at radius 1 is 1.07 bits per heavy atom. The van der Waals surface area contributed by atoms with Crippen LogP contribution in [0.5, 0.6) is 0 Å². The van der Waals surface area contributed by atoms with Crippen molar-refractivity contribution in [3.05, 3.63) is 80.9 Å². The van der Waals surface area contributed by atoms with Crippen LogP contribution in [0.3, 0.4) is 0 Å². The number of rotatable bonds is 3.